The molecule has 1 aliphatic rings. The van der Waals surface area contributed by atoms with Crippen LogP contribution in [0, 0.1) is 11.8 Å². The van der Waals surface area contributed by atoms with Gasteiger partial charge >= 0.3 is 0 Å². The summed E-state index contributed by atoms with van der Waals surface area (Å²) in [7, 11) is 0. The molecule has 0 aromatic carbocycles. The molecule has 1 aliphatic carbocycles. The van der Waals surface area contributed by atoms with Crippen LogP contribution in [0.5, 0.6) is 0 Å². The molecule has 0 bridgehead atoms. The number of nitrogens with one attached hydrogen (secondary N) is 2. The Morgan fingerprint density at radius 1 is 1.22 bits per heavy atom. The number of carbonyl (C=O) groups is 2. The minimum absolute atomic E-state index is 0.0408. The third-order valence-corrected chi connectivity index (χ3v) is 5.93. The number of hydrogen-bond acceptors (Lipinski definition) is 4. The highest BCUT2D eigenvalue weighted by molar-refractivity contribution is 7.11. The third-order valence-electron chi connectivity index (χ3n) is 4.06. The first-order chi connectivity index (χ1) is 11.1. The molecule has 1 saturated carbocycles. The minimum atomic E-state index is -0.0957. The quantitative estimate of drug-likeness (QED) is 0.807. The molecule has 0 aliphatic heterocycles. The largest absolute Gasteiger partial charge is 0.355 e. The van der Waals surface area contributed by atoms with Crippen molar-refractivity contribution in [1.82, 2.24) is 10.6 Å². The molecule has 2 aromatic heterocycles. The van der Waals surface area contributed by atoms with Crippen LogP contribution in [-0.2, 0) is 9.59 Å². The van der Waals surface area contributed by atoms with E-state index in [1.165, 1.54) is 0 Å². The van der Waals surface area contributed by atoms with Crippen LogP contribution >= 0.6 is 22.7 Å². The van der Waals surface area contributed by atoms with Gasteiger partial charge in [-0.3, -0.25) is 9.59 Å². The van der Waals surface area contributed by atoms with E-state index < -0.39 is 0 Å². The van der Waals surface area contributed by atoms with Crippen molar-refractivity contribution in [1.29, 1.82) is 0 Å². The second-order valence-electron chi connectivity index (χ2n) is 5.89. The van der Waals surface area contributed by atoms with Crippen LogP contribution < -0.4 is 10.6 Å². The highest BCUT2D eigenvalue weighted by Crippen LogP contribution is 2.37. The van der Waals surface area contributed by atoms with Crippen molar-refractivity contribution in [3.8, 4) is 0 Å². The highest BCUT2D eigenvalue weighted by Gasteiger charge is 2.38. The molecule has 0 radical (unpaired) electrons. The Balaban J connectivity index is 1.51. The second kappa shape index (κ2) is 7.27. The van der Waals surface area contributed by atoms with Gasteiger partial charge in [-0.15, -0.1) is 22.7 Å². The molecule has 1 fully saturated rings. The standard InChI is InChI=1S/C17H20N2O2S2/c1-11-10-12(11)17(21)18-7-6-15(20)19-16(13-4-2-8-22-13)14-5-3-9-23-14/h2-5,8-9,11-12,16H,6-7,10H2,1H3,(H,18,21)(H,19,20)/t11-,12-/m0/s1. The molecular formula is C17H20N2O2S2. The van der Waals surface area contributed by atoms with E-state index in [1.807, 2.05) is 35.0 Å². The van der Waals surface area contributed by atoms with E-state index >= 15 is 0 Å². The van der Waals surface area contributed by atoms with E-state index in [0.717, 1.165) is 16.2 Å². The van der Waals surface area contributed by atoms with Gasteiger partial charge in [-0.1, -0.05) is 19.1 Å². The first-order valence-corrected chi connectivity index (χ1v) is 9.55. The molecular weight excluding hydrogens is 328 g/mol. The first-order valence-electron chi connectivity index (χ1n) is 7.79. The Kier molecular flexibility index (Phi) is 5.13. The summed E-state index contributed by atoms with van der Waals surface area (Å²) in [6, 6.07) is 7.95. The zero-order valence-electron chi connectivity index (χ0n) is 13.0. The number of carbonyl (C=O) groups excluding carboxylic acids is 2. The molecule has 2 atom stereocenters. The molecule has 4 nitrogen and oxygen atoms in total. The predicted octanol–water partition coefficient (Wildman–Crippen LogP) is 3.18. The van der Waals surface area contributed by atoms with Crippen LogP contribution in [0.2, 0.25) is 0 Å². The molecule has 23 heavy (non-hydrogen) atoms. The summed E-state index contributed by atoms with van der Waals surface area (Å²) >= 11 is 3.27. The van der Waals surface area contributed by atoms with Gasteiger partial charge in [0.1, 0.15) is 0 Å². The maximum absolute atomic E-state index is 12.2. The van der Waals surface area contributed by atoms with E-state index in [0.29, 0.717) is 18.9 Å². The summed E-state index contributed by atoms with van der Waals surface area (Å²) in [5, 5.41) is 9.96. The molecule has 0 spiro atoms. The van der Waals surface area contributed by atoms with Crippen molar-refractivity contribution < 1.29 is 9.59 Å². The lowest BCUT2D eigenvalue weighted by Gasteiger charge is -2.16. The SMILES string of the molecule is C[C@H]1C[C@@H]1C(=O)NCCC(=O)NC(c1cccs1)c1cccs1. The molecule has 6 heteroatoms. The fraction of sp³-hybridized carbons (Fsp3) is 0.412. The van der Waals surface area contributed by atoms with E-state index in [4.69, 9.17) is 0 Å². The molecule has 0 saturated heterocycles. The predicted molar refractivity (Wildman–Crippen MR) is 93.5 cm³/mol. The fourth-order valence-corrected chi connectivity index (χ4v) is 4.21. The zero-order valence-corrected chi connectivity index (χ0v) is 14.6. The minimum Gasteiger partial charge on any atom is -0.355 e. The molecule has 3 rings (SSSR count). The van der Waals surface area contributed by atoms with Crippen LogP contribution in [-0.4, -0.2) is 18.4 Å². The van der Waals surface area contributed by atoms with Crippen LogP contribution in [0.15, 0.2) is 35.0 Å². The summed E-state index contributed by atoms with van der Waals surface area (Å²) in [6.45, 7) is 2.47. The Morgan fingerprint density at radius 2 is 1.83 bits per heavy atom. The van der Waals surface area contributed by atoms with Gasteiger partial charge in [-0.25, -0.2) is 0 Å². The normalized spacial score (nSPS) is 19.6. The van der Waals surface area contributed by atoms with E-state index in [1.54, 1.807) is 22.7 Å². The van der Waals surface area contributed by atoms with Gasteiger partial charge in [0.05, 0.1) is 6.04 Å². The van der Waals surface area contributed by atoms with Crippen LogP contribution in [0.4, 0.5) is 0 Å². The van der Waals surface area contributed by atoms with Crippen LogP contribution in [0.1, 0.15) is 35.6 Å². The molecule has 2 amide bonds. The molecule has 2 N–H and O–H groups in total. The monoisotopic (exact) mass is 348 g/mol. The van der Waals surface area contributed by atoms with Crippen molar-refractivity contribution in [2.75, 3.05) is 6.54 Å². The van der Waals surface area contributed by atoms with Crippen molar-refractivity contribution in [3.63, 3.8) is 0 Å². The molecule has 0 unspecified atom stereocenters. The summed E-state index contributed by atoms with van der Waals surface area (Å²) in [5.74, 6) is 0.688. The summed E-state index contributed by atoms with van der Waals surface area (Å²) in [5.41, 5.74) is 0. The number of rotatable bonds is 7. The van der Waals surface area contributed by atoms with Gasteiger partial charge in [-0.05, 0) is 35.2 Å². The maximum Gasteiger partial charge on any atom is 0.223 e. The Hall–Kier alpha value is -1.66. The van der Waals surface area contributed by atoms with Gasteiger partial charge in [0.2, 0.25) is 11.8 Å². The van der Waals surface area contributed by atoms with E-state index in [2.05, 4.69) is 17.6 Å². The molecule has 2 heterocycles. The summed E-state index contributed by atoms with van der Waals surface area (Å²) in [6.07, 6.45) is 1.27. The zero-order chi connectivity index (χ0) is 16.2. The second-order valence-corrected chi connectivity index (χ2v) is 7.85. The topological polar surface area (TPSA) is 58.2 Å². The Labute approximate surface area is 143 Å². The molecule has 2 aromatic rings. The van der Waals surface area contributed by atoms with Crippen LogP contribution in [0.3, 0.4) is 0 Å². The summed E-state index contributed by atoms with van der Waals surface area (Å²) in [4.78, 5) is 26.2. The average Bonchev–Trinajstić information content (AvgIpc) is 3.01. The van der Waals surface area contributed by atoms with Gasteiger partial charge in [0.15, 0.2) is 0 Å². The summed E-state index contributed by atoms with van der Waals surface area (Å²) < 4.78 is 0. The van der Waals surface area contributed by atoms with Gasteiger partial charge in [0.25, 0.3) is 0 Å². The highest BCUT2D eigenvalue weighted by atomic mass is 32.1. The number of hydrogen-bond donors (Lipinski definition) is 2. The smallest absolute Gasteiger partial charge is 0.223 e. The number of amides is 2. The van der Waals surface area contributed by atoms with Crippen molar-refractivity contribution in [2.24, 2.45) is 11.8 Å². The lowest BCUT2D eigenvalue weighted by molar-refractivity contribution is -0.123. The average molecular weight is 348 g/mol. The Morgan fingerprint density at radius 3 is 2.30 bits per heavy atom. The van der Waals surface area contributed by atoms with Gasteiger partial charge in [0, 0.05) is 28.6 Å². The maximum atomic E-state index is 12.2. The van der Waals surface area contributed by atoms with E-state index in [9.17, 15) is 9.59 Å². The fourth-order valence-electron chi connectivity index (χ4n) is 2.54. The number of thiophene rings is 2. The van der Waals surface area contributed by atoms with Crippen LogP contribution in [0.25, 0.3) is 0 Å². The first kappa shape index (κ1) is 16.2. The lowest BCUT2D eigenvalue weighted by atomic mass is 10.2. The Bertz CT molecular complexity index is 618. The van der Waals surface area contributed by atoms with E-state index in [-0.39, 0.29) is 23.8 Å². The van der Waals surface area contributed by atoms with Gasteiger partial charge < -0.3 is 10.6 Å². The van der Waals surface area contributed by atoms with Crippen molar-refractivity contribution >= 4 is 34.5 Å². The van der Waals surface area contributed by atoms with Crippen molar-refractivity contribution in [2.45, 2.75) is 25.8 Å². The lowest BCUT2D eigenvalue weighted by Crippen LogP contribution is -2.33. The van der Waals surface area contributed by atoms with Crippen molar-refractivity contribution in [3.05, 3.63) is 44.8 Å². The molecule has 122 valence electrons. The van der Waals surface area contributed by atoms with Gasteiger partial charge in [-0.2, -0.15) is 0 Å². The third kappa shape index (κ3) is 4.20.